The summed E-state index contributed by atoms with van der Waals surface area (Å²) in [5, 5.41) is 3.19. The van der Waals surface area contributed by atoms with Crippen molar-refractivity contribution in [2.75, 3.05) is 37.4 Å². The zero-order chi connectivity index (χ0) is 16.8. The Morgan fingerprint density at radius 1 is 1.41 bits per heavy atom. The number of amides is 1. The van der Waals surface area contributed by atoms with Gasteiger partial charge in [-0.1, -0.05) is 11.6 Å². The lowest BCUT2D eigenvalue weighted by atomic mass is 10.2. The van der Waals surface area contributed by atoms with E-state index >= 15 is 0 Å². The molecule has 1 amide bonds. The smallest absolute Gasteiger partial charge is 0.232 e. The number of carbonyl (C=O) groups excluding carboxylic acids is 1. The molecule has 0 aromatic heterocycles. The molecule has 0 fully saturated rings. The summed E-state index contributed by atoms with van der Waals surface area (Å²) in [6, 6.07) is 4.95. The Morgan fingerprint density at radius 3 is 2.64 bits per heavy atom. The van der Waals surface area contributed by atoms with E-state index in [2.05, 4.69) is 5.32 Å². The van der Waals surface area contributed by atoms with E-state index in [-0.39, 0.29) is 18.9 Å². The average Bonchev–Trinajstić information content (AvgIpc) is 2.40. The molecule has 8 heteroatoms. The van der Waals surface area contributed by atoms with Crippen LogP contribution in [0.5, 0.6) is 0 Å². The first-order chi connectivity index (χ1) is 10.3. The van der Waals surface area contributed by atoms with Gasteiger partial charge >= 0.3 is 0 Å². The maximum absolute atomic E-state index is 12.0. The molecule has 1 aromatic rings. The predicted octanol–water partition coefficient (Wildman–Crippen LogP) is 1.57. The maximum Gasteiger partial charge on any atom is 0.232 e. The molecule has 0 aliphatic carbocycles. The first kappa shape index (κ1) is 18.7. The third-order valence-electron chi connectivity index (χ3n) is 3.00. The number of carbonyl (C=O) groups is 1. The minimum atomic E-state index is -3.49. The van der Waals surface area contributed by atoms with Gasteiger partial charge in [-0.15, -0.1) is 0 Å². The molecule has 0 aliphatic rings. The van der Waals surface area contributed by atoms with Gasteiger partial charge < -0.3 is 10.1 Å². The van der Waals surface area contributed by atoms with Crippen molar-refractivity contribution in [3.63, 3.8) is 0 Å². The van der Waals surface area contributed by atoms with Gasteiger partial charge in [0.1, 0.15) is 0 Å². The second kappa shape index (κ2) is 8.36. The Kier molecular flexibility index (Phi) is 7.12. The fourth-order valence-electron chi connectivity index (χ4n) is 1.95. The molecule has 0 radical (unpaired) electrons. The Balaban J connectivity index is 2.81. The van der Waals surface area contributed by atoms with Crippen LogP contribution in [-0.4, -0.2) is 47.4 Å². The Morgan fingerprint density at radius 2 is 2.09 bits per heavy atom. The maximum atomic E-state index is 12.0. The zero-order valence-corrected chi connectivity index (χ0v) is 14.5. The van der Waals surface area contributed by atoms with Crippen LogP contribution in [0.25, 0.3) is 0 Å². The lowest BCUT2D eigenvalue weighted by Gasteiger charge is -2.24. The van der Waals surface area contributed by atoms with Crippen molar-refractivity contribution in [1.82, 2.24) is 5.32 Å². The van der Waals surface area contributed by atoms with Gasteiger partial charge in [-0.05, 0) is 30.7 Å². The van der Waals surface area contributed by atoms with Gasteiger partial charge in [-0.25, -0.2) is 8.42 Å². The molecule has 0 spiro atoms. The summed E-state index contributed by atoms with van der Waals surface area (Å²) < 4.78 is 30.0. The Bertz CT molecular complexity index is 619. The van der Waals surface area contributed by atoms with Crippen molar-refractivity contribution in [1.29, 1.82) is 0 Å². The van der Waals surface area contributed by atoms with Crippen molar-refractivity contribution < 1.29 is 17.9 Å². The normalized spacial score (nSPS) is 11.3. The summed E-state index contributed by atoms with van der Waals surface area (Å²) in [5.74, 6) is -0.225. The fourth-order valence-corrected chi connectivity index (χ4v) is 3.16. The van der Waals surface area contributed by atoms with E-state index in [1.54, 1.807) is 32.2 Å². The number of nitrogens with one attached hydrogen (secondary N) is 1. The number of anilines is 1. The molecule has 124 valence electrons. The van der Waals surface area contributed by atoms with Gasteiger partial charge in [-0.3, -0.25) is 9.10 Å². The lowest BCUT2D eigenvalue weighted by Crippen LogP contribution is -2.35. The molecule has 22 heavy (non-hydrogen) atoms. The van der Waals surface area contributed by atoms with Crippen LogP contribution in [0.15, 0.2) is 18.2 Å². The molecule has 1 aromatic carbocycles. The monoisotopic (exact) mass is 348 g/mol. The standard InChI is InChI=1S/C14H21ClN2O4S/c1-11-10-12(15)4-5-13(11)17(22(3,19)20)8-6-14(18)16-7-9-21-2/h4-5,10H,6-9H2,1-3H3,(H,16,18). The predicted molar refractivity (Wildman–Crippen MR) is 87.9 cm³/mol. The van der Waals surface area contributed by atoms with E-state index in [1.165, 1.54) is 4.31 Å². The average molecular weight is 349 g/mol. The van der Waals surface area contributed by atoms with Crippen LogP contribution in [0.3, 0.4) is 0 Å². The van der Waals surface area contributed by atoms with Crippen LogP contribution in [0.2, 0.25) is 5.02 Å². The Hall–Kier alpha value is -1.31. The van der Waals surface area contributed by atoms with Gasteiger partial charge in [-0.2, -0.15) is 0 Å². The number of ether oxygens (including phenoxy) is 1. The van der Waals surface area contributed by atoms with Gasteiger partial charge in [0, 0.05) is 31.6 Å². The van der Waals surface area contributed by atoms with Gasteiger partial charge in [0.05, 0.1) is 18.6 Å². The molecule has 0 atom stereocenters. The molecule has 6 nitrogen and oxygen atoms in total. The van der Waals surface area contributed by atoms with E-state index in [0.717, 1.165) is 11.8 Å². The number of sulfonamides is 1. The highest BCUT2D eigenvalue weighted by Gasteiger charge is 2.20. The minimum absolute atomic E-state index is 0.0683. The van der Waals surface area contributed by atoms with Crippen LogP contribution in [-0.2, 0) is 19.6 Å². The second-order valence-corrected chi connectivity index (χ2v) is 7.20. The highest BCUT2D eigenvalue weighted by molar-refractivity contribution is 7.92. The van der Waals surface area contributed by atoms with Crippen molar-refractivity contribution in [3.05, 3.63) is 28.8 Å². The molecule has 1 N–H and O–H groups in total. The lowest BCUT2D eigenvalue weighted by molar-refractivity contribution is -0.121. The van der Waals surface area contributed by atoms with Gasteiger partial charge in [0.15, 0.2) is 0 Å². The number of nitrogens with zero attached hydrogens (tertiary/aromatic N) is 1. The first-order valence-corrected chi connectivity index (χ1v) is 8.98. The summed E-state index contributed by atoms with van der Waals surface area (Å²) >= 11 is 5.89. The van der Waals surface area contributed by atoms with E-state index in [9.17, 15) is 13.2 Å². The quantitative estimate of drug-likeness (QED) is 0.723. The van der Waals surface area contributed by atoms with Gasteiger partial charge in [0.2, 0.25) is 15.9 Å². The van der Waals surface area contributed by atoms with Crippen LogP contribution >= 0.6 is 11.6 Å². The van der Waals surface area contributed by atoms with E-state index in [1.807, 2.05) is 0 Å². The van der Waals surface area contributed by atoms with Crippen LogP contribution in [0, 0.1) is 6.92 Å². The first-order valence-electron chi connectivity index (χ1n) is 6.75. The van der Waals surface area contributed by atoms with E-state index in [4.69, 9.17) is 16.3 Å². The molecule has 1 rings (SSSR count). The summed E-state index contributed by atoms with van der Waals surface area (Å²) in [7, 11) is -1.95. The minimum Gasteiger partial charge on any atom is -0.383 e. The number of aryl methyl sites for hydroxylation is 1. The summed E-state index contributed by atoms with van der Waals surface area (Å²) in [4.78, 5) is 11.7. The summed E-state index contributed by atoms with van der Waals surface area (Å²) in [6.07, 6.45) is 1.18. The molecule has 0 heterocycles. The summed E-state index contributed by atoms with van der Waals surface area (Å²) in [6.45, 7) is 2.66. The third-order valence-corrected chi connectivity index (χ3v) is 4.41. The van der Waals surface area contributed by atoms with Crippen LogP contribution < -0.4 is 9.62 Å². The largest absolute Gasteiger partial charge is 0.383 e. The molecular weight excluding hydrogens is 328 g/mol. The number of benzene rings is 1. The molecule has 0 bridgehead atoms. The highest BCUT2D eigenvalue weighted by Crippen LogP contribution is 2.25. The van der Waals surface area contributed by atoms with Crippen molar-refractivity contribution >= 4 is 33.2 Å². The van der Waals surface area contributed by atoms with Crippen molar-refractivity contribution in [2.45, 2.75) is 13.3 Å². The number of hydrogen-bond donors (Lipinski definition) is 1. The Labute approximate surface area is 136 Å². The fraction of sp³-hybridized carbons (Fsp3) is 0.500. The zero-order valence-electron chi connectivity index (χ0n) is 12.9. The van der Waals surface area contributed by atoms with Crippen LogP contribution in [0.1, 0.15) is 12.0 Å². The topological polar surface area (TPSA) is 75.7 Å². The highest BCUT2D eigenvalue weighted by atomic mass is 35.5. The number of rotatable bonds is 8. The summed E-state index contributed by atoms with van der Waals surface area (Å²) in [5.41, 5.74) is 1.26. The third kappa shape index (κ3) is 5.82. The van der Waals surface area contributed by atoms with Gasteiger partial charge in [0.25, 0.3) is 0 Å². The molecule has 0 saturated carbocycles. The number of hydrogen-bond acceptors (Lipinski definition) is 4. The van der Waals surface area contributed by atoms with E-state index < -0.39 is 10.0 Å². The number of methoxy groups -OCH3 is 1. The van der Waals surface area contributed by atoms with Crippen molar-refractivity contribution in [2.24, 2.45) is 0 Å². The van der Waals surface area contributed by atoms with Crippen LogP contribution in [0.4, 0.5) is 5.69 Å². The molecule has 0 aliphatic heterocycles. The molecular formula is C14H21ClN2O4S. The second-order valence-electron chi connectivity index (χ2n) is 4.86. The van der Waals surface area contributed by atoms with Crippen molar-refractivity contribution in [3.8, 4) is 0 Å². The molecule has 0 unspecified atom stereocenters. The number of halogens is 1. The van der Waals surface area contributed by atoms with E-state index in [0.29, 0.717) is 23.9 Å². The SMILES string of the molecule is COCCNC(=O)CCN(c1ccc(Cl)cc1C)S(C)(=O)=O. The molecule has 0 saturated heterocycles.